The Kier molecular flexibility index (Phi) is 4.03. The van der Waals surface area contributed by atoms with Gasteiger partial charge in [0.25, 0.3) is 0 Å². The molecule has 0 amide bonds. The molecule has 6 heteroatoms. The van der Waals surface area contributed by atoms with Crippen LogP contribution in [0.3, 0.4) is 0 Å². The van der Waals surface area contributed by atoms with E-state index in [1.165, 1.54) is 6.07 Å². The van der Waals surface area contributed by atoms with E-state index < -0.39 is 4.92 Å². The summed E-state index contributed by atoms with van der Waals surface area (Å²) >= 11 is 0. The molecule has 0 unspecified atom stereocenters. The molecule has 94 valence electrons. The molecule has 0 saturated heterocycles. The van der Waals surface area contributed by atoms with Crippen molar-refractivity contribution in [3.05, 3.63) is 58.1 Å². The van der Waals surface area contributed by atoms with Gasteiger partial charge in [0.05, 0.1) is 12.6 Å². The van der Waals surface area contributed by atoms with Gasteiger partial charge in [-0.05, 0) is 30.7 Å². The van der Waals surface area contributed by atoms with Gasteiger partial charge in [-0.25, -0.2) is 0 Å². The lowest BCUT2D eigenvalue weighted by atomic mass is 10.2. The number of aromatic nitrogens is 1. The molecule has 2 aromatic heterocycles. The Labute approximate surface area is 104 Å². The Morgan fingerprint density at radius 1 is 1.39 bits per heavy atom. The van der Waals surface area contributed by atoms with Crippen LogP contribution in [0.2, 0.25) is 0 Å². The van der Waals surface area contributed by atoms with Gasteiger partial charge in [-0.15, -0.1) is 0 Å². The molecule has 0 spiro atoms. The molecule has 0 atom stereocenters. The Hall–Kier alpha value is -2.21. The van der Waals surface area contributed by atoms with Crippen molar-refractivity contribution in [1.82, 2.24) is 10.3 Å². The van der Waals surface area contributed by atoms with Crippen LogP contribution in [-0.2, 0) is 13.0 Å². The average Bonchev–Trinajstić information content (AvgIpc) is 2.85. The summed E-state index contributed by atoms with van der Waals surface area (Å²) in [6.45, 7) is 1.24. The van der Waals surface area contributed by atoms with Gasteiger partial charge in [0.2, 0.25) is 0 Å². The minimum absolute atomic E-state index is 0.223. The number of furan rings is 1. The number of nitrogens with one attached hydrogen (secondary N) is 1. The number of hydrogen-bond donors (Lipinski definition) is 1. The van der Waals surface area contributed by atoms with Crippen molar-refractivity contribution in [1.29, 1.82) is 0 Å². The fourth-order valence-electron chi connectivity index (χ4n) is 1.55. The minimum atomic E-state index is -0.543. The molecule has 0 radical (unpaired) electrons. The van der Waals surface area contributed by atoms with Crippen molar-refractivity contribution in [3.8, 4) is 0 Å². The zero-order chi connectivity index (χ0) is 12.8. The van der Waals surface area contributed by atoms with E-state index in [2.05, 4.69) is 10.3 Å². The minimum Gasteiger partial charge on any atom is -0.404 e. The highest BCUT2D eigenvalue weighted by Crippen LogP contribution is 2.15. The summed E-state index contributed by atoms with van der Waals surface area (Å²) in [7, 11) is 0. The van der Waals surface area contributed by atoms with Gasteiger partial charge >= 0.3 is 5.88 Å². The van der Waals surface area contributed by atoms with Gasteiger partial charge in [-0.2, -0.15) is 0 Å². The molecule has 1 N–H and O–H groups in total. The summed E-state index contributed by atoms with van der Waals surface area (Å²) in [6.07, 6.45) is 4.41. The van der Waals surface area contributed by atoms with Gasteiger partial charge in [0.15, 0.2) is 0 Å². The zero-order valence-corrected chi connectivity index (χ0v) is 9.70. The number of hydrogen-bond acceptors (Lipinski definition) is 5. The molecular formula is C12H13N3O3. The van der Waals surface area contributed by atoms with E-state index in [-0.39, 0.29) is 5.88 Å². The van der Waals surface area contributed by atoms with Gasteiger partial charge in [0, 0.05) is 12.4 Å². The molecule has 0 bridgehead atoms. The third-order valence-electron chi connectivity index (χ3n) is 2.44. The third kappa shape index (κ3) is 3.39. The van der Waals surface area contributed by atoms with Crippen molar-refractivity contribution >= 4 is 5.88 Å². The summed E-state index contributed by atoms with van der Waals surface area (Å²) in [5, 5.41) is 13.6. The lowest BCUT2D eigenvalue weighted by Gasteiger charge is -2.02. The topological polar surface area (TPSA) is 81.2 Å². The molecule has 2 aromatic rings. The normalized spacial score (nSPS) is 10.4. The van der Waals surface area contributed by atoms with Crippen molar-refractivity contribution in [2.75, 3.05) is 6.54 Å². The lowest BCUT2D eigenvalue weighted by Crippen LogP contribution is -2.16. The number of rotatable bonds is 6. The maximum atomic E-state index is 10.4. The quantitative estimate of drug-likeness (QED) is 0.479. The van der Waals surface area contributed by atoms with Crippen LogP contribution in [0.25, 0.3) is 0 Å². The van der Waals surface area contributed by atoms with Crippen LogP contribution in [0, 0.1) is 10.1 Å². The molecule has 0 fully saturated rings. The van der Waals surface area contributed by atoms with Crippen LogP contribution in [0.1, 0.15) is 11.3 Å². The lowest BCUT2D eigenvalue weighted by molar-refractivity contribution is -0.402. The summed E-state index contributed by atoms with van der Waals surface area (Å²) in [5.74, 6) is 0.340. The van der Waals surface area contributed by atoms with E-state index in [0.717, 1.165) is 18.5 Å². The predicted octanol–water partition coefficient (Wildman–Crippen LogP) is 1.92. The number of pyridine rings is 1. The van der Waals surface area contributed by atoms with Crippen LogP contribution in [-0.4, -0.2) is 16.5 Å². The van der Waals surface area contributed by atoms with Gasteiger partial charge in [-0.3, -0.25) is 15.1 Å². The second-order valence-electron chi connectivity index (χ2n) is 3.79. The Morgan fingerprint density at radius 3 is 2.94 bits per heavy atom. The molecular weight excluding hydrogens is 234 g/mol. The second kappa shape index (κ2) is 5.92. The Morgan fingerprint density at radius 2 is 2.28 bits per heavy atom. The number of nitro groups is 1. The Balaban J connectivity index is 1.73. The van der Waals surface area contributed by atoms with Crippen molar-refractivity contribution in [3.63, 3.8) is 0 Å². The van der Waals surface area contributed by atoms with Gasteiger partial charge < -0.3 is 9.73 Å². The number of nitrogens with zero attached hydrogens (tertiary/aromatic N) is 2. The second-order valence-corrected chi connectivity index (χ2v) is 3.79. The maximum absolute atomic E-state index is 10.4. The Bertz CT molecular complexity index is 510. The van der Waals surface area contributed by atoms with Crippen molar-refractivity contribution < 1.29 is 9.34 Å². The molecule has 0 aliphatic rings. The average molecular weight is 247 g/mol. The summed E-state index contributed by atoms with van der Waals surface area (Å²) in [4.78, 5) is 13.9. The molecule has 0 saturated carbocycles. The first-order valence-corrected chi connectivity index (χ1v) is 5.58. The summed E-state index contributed by atoms with van der Waals surface area (Å²) in [5.41, 5.74) is 1.15. The van der Waals surface area contributed by atoms with Crippen LogP contribution >= 0.6 is 0 Å². The largest absolute Gasteiger partial charge is 0.433 e. The SMILES string of the molecule is O=[N+]([O-])c1ccc(CNCCc2cccnc2)o1. The summed E-state index contributed by atoms with van der Waals surface area (Å²) in [6, 6.07) is 6.87. The van der Waals surface area contributed by atoms with E-state index in [4.69, 9.17) is 4.42 Å². The standard InChI is InChI=1S/C12H13N3O3/c16-15(17)12-4-3-11(18-12)9-14-7-5-10-2-1-6-13-8-10/h1-4,6,8,14H,5,7,9H2. The highest BCUT2D eigenvalue weighted by molar-refractivity contribution is 5.17. The molecule has 0 aliphatic carbocycles. The highest BCUT2D eigenvalue weighted by atomic mass is 16.6. The first kappa shape index (κ1) is 12.3. The van der Waals surface area contributed by atoms with Gasteiger partial charge in [0.1, 0.15) is 10.7 Å². The van der Waals surface area contributed by atoms with E-state index in [1.54, 1.807) is 12.3 Å². The fraction of sp³-hybridized carbons (Fsp3) is 0.250. The van der Waals surface area contributed by atoms with Crippen LogP contribution in [0.15, 0.2) is 41.1 Å². The molecule has 0 aromatic carbocycles. The molecule has 6 nitrogen and oxygen atoms in total. The first-order valence-electron chi connectivity index (χ1n) is 5.58. The van der Waals surface area contributed by atoms with E-state index in [1.807, 2.05) is 18.3 Å². The third-order valence-corrected chi connectivity index (χ3v) is 2.44. The predicted molar refractivity (Wildman–Crippen MR) is 65.0 cm³/mol. The van der Waals surface area contributed by atoms with E-state index >= 15 is 0 Å². The molecule has 0 aliphatic heterocycles. The molecule has 18 heavy (non-hydrogen) atoms. The highest BCUT2D eigenvalue weighted by Gasteiger charge is 2.10. The van der Waals surface area contributed by atoms with E-state index in [0.29, 0.717) is 12.3 Å². The summed E-state index contributed by atoms with van der Waals surface area (Å²) < 4.78 is 5.02. The smallest absolute Gasteiger partial charge is 0.404 e. The van der Waals surface area contributed by atoms with Crippen LogP contribution in [0.4, 0.5) is 5.88 Å². The zero-order valence-electron chi connectivity index (χ0n) is 9.70. The van der Waals surface area contributed by atoms with Crippen LogP contribution < -0.4 is 5.32 Å². The molecule has 2 rings (SSSR count). The fourth-order valence-corrected chi connectivity index (χ4v) is 1.55. The molecule has 2 heterocycles. The van der Waals surface area contributed by atoms with E-state index in [9.17, 15) is 10.1 Å². The maximum Gasteiger partial charge on any atom is 0.433 e. The van der Waals surface area contributed by atoms with Crippen molar-refractivity contribution in [2.45, 2.75) is 13.0 Å². The van der Waals surface area contributed by atoms with Crippen LogP contribution in [0.5, 0.6) is 0 Å². The van der Waals surface area contributed by atoms with Crippen molar-refractivity contribution in [2.24, 2.45) is 0 Å². The monoisotopic (exact) mass is 247 g/mol. The first-order chi connectivity index (χ1) is 8.75. The van der Waals surface area contributed by atoms with Gasteiger partial charge in [-0.1, -0.05) is 6.07 Å².